The van der Waals surface area contributed by atoms with Gasteiger partial charge in [-0.15, -0.1) is 22.7 Å². The van der Waals surface area contributed by atoms with Gasteiger partial charge in [-0.05, 0) is 93.8 Å². The molecular weight excluding hydrogens is 534 g/mol. The van der Waals surface area contributed by atoms with Gasteiger partial charge in [-0.25, -0.2) is 14.4 Å². The van der Waals surface area contributed by atoms with Gasteiger partial charge in [0.15, 0.2) is 0 Å². The standard InChI is InChI=1S/C29H33N3O5S2/c1-29(2,3)37-27(35)23-19-6-4-5-7-21(19)39-25(23)32-28(36)31-14-20-18-12-13-30-15-22(18)38-24(20)16-8-10-17(11-9-16)26(33)34/h8-11,30H,4-7,12-15H2,1-3H3,(H,33,34)(H2,31,32,36). The summed E-state index contributed by atoms with van der Waals surface area (Å²) in [5, 5.41) is 19.2. The van der Waals surface area contributed by atoms with E-state index in [4.69, 9.17) is 4.74 Å². The van der Waals surface area contributed by atoms with Gasteiger partial charge in [0.05, 0.1) is 11.1 Å². The summed E-state index contributed by atoms with van der Waals surface area (Å²) in [6.07, 6.45) is 4.65. The molecule has 4 N–H and O–H groups in total. The predicted octanol–water partition coefficient (Wildman–Crippen LogP) is 5.98. The van der Waals surface area contributed by atoms with Crippen molar-refractivity contribution < 1.29 is 24.2 Å². The van der Waals surface area contributed by atoms with E-state index in [1.54, 1.807) is 23.5 Å². The second-order valence-electron chi connectivity index (χ2n) is 10.8. The number of hydrogen-bond donors (Lipinski definition) is 4. The van der Waals surface area contributed by atoms with Gasteiger partial charge in [-0.2, -0.15) is 0 Å². The van der Waals surface area contributed by atoms with E-state index in [0.29, 0.717) is 17.1 Å². The summed E-state index contributed by atoms with van der Waals surface area (Å²) < 4.78 is 5.69. The van der Waals surface area contributed by atoms with Crippen LogP contribution < -0.4 is 16.0 Å². The van der Waals surface area contributed by atoms with Crippen LogP contribution in [-0.2, 0) is 37.1 Å². The lowest BCUT2D eigenvalue weighted by Crippen LogP contribution is -2.30. The molecular formula is C29H33N3O5S2. The number of benzene rings is 1. The maximum atomic E-state index is 13.2. The van der Waals surface area contributed by atoms with Crippen molar-refractivity contribution in [3.63, 3.8) is 0 Å². The summed E-state index contributed by atoms with van der Waals surface area (Å²) in [4.78, 5) is 41.0. The van der Waals surface area contributed by atoms with Crippen LogP contribution in [-0.4, -0.2) is 35.2 Å². The largest absolute Gasteiger partial charge is 0.478 e. The highest BCUT2D eigenvalue weighted by Gasteiger charge is 2.30. The molecule has 8 nitrogen and oxygen atoms in total. The average Bonchev–Trinajstić information content (AvgIpc) is 3.44. The molecule has 2 aromatic heterocycles. The Balaban J connectivity index is 1.38. The first-order chi connectivity index (χ1) is 18.6. The number of esters is 1. The Kier molecular flexibility index (Phi) is 7.80. The van der Waals surface area contributed by atoms with Crippen LogP contribution in [0, 0.1) is 0 Å². The van der Waals surface area contributed by atoms with E-state index >= 15 is 0 Å². The second kappa shape index (κ2) is 11.1. The van der Waals surface area contributed by atoms with E-state index in [2.05, 4.69) is 16.0 Å². The molecule has 0 spiro atoms. The number of aromatic carboxylic acids is 1. The van der Waals surface area contributed by atoms with Gasteiger partial charge < -0.3 is 20.5 Å². The number of thiophene rings is 2. The number of aryl methyl sites for hydroxylation is 1. The fourth-order valence-corrected chi connectivity index (χ4v) is 7.71. The van der Waals surface area contributed by atoms with E-state index in [1.165, 1.54) is 21.8 Å². The molecule has 2 aliphatic rings. The Hall–Kier alpha value is -3.21. The van der Waals surface area contributed by atoms with Crippen molar-refractivity contribution >= 4 is 45.6 Å². The van der Waals surface area contributed by atoms with E-state index in [-0.39, 0.29) is 11.6 Å². The van der Waals surface area contributed by atoms with Crippen molar-refractivity contribution in [1.82, 2.24) is 10.6 Å². The number of carboxylic acids is 1. The van der Waals surface area contributed by atoms with Crippen LogP contribution in [0.3, 0.4) is 0 Å². The van der Waals surface area contributed by atoms with Gasteiger partial charge in [-0.3, -0.25) is 5.32 Å². The maximum absolute atomic E-state index is 13.2. The summed E-state index contributed by atoms with van der Waals surface area (Å²) in [5.74, 6) is -1.36. The van der Waals surface area contributed by atoms with Crippen LogP contribution in [0.15, 0.2) is 24.3 Å². The highest BCUT2D eigenvalue weighted by molar-refractivity contribution is 7.17. The molecule has 206 valence electrons. The fourth-order valence-electron chi connectivity index (χ4n) is 5.10. The first-order valence-corrected chi connectivity index (χ1v) is 14.8. The number of urea groups is 1. The molecule has 39 heavy (non-hydrogen) atoms. The van der Waals surface area contributed by atoms with Gasteiger partial charge in [-0.1, -0.05) is 12.1 Å². The van der Waals surface area contributed by atoms with Crippen molar-refractivity contribution in [2.45, 2.75) is 71.6 Å². The minimum Gasteiger partial charge on any atom is -0.478 e. The van der Waals surface area contributed by atoms with Crippen LogP contribution in [0.5, 0.6) is 0 Å². The van der Waals surface area contributed by atoms with Crippen LogP contribution in [0.1, 0.15) is 80.8 Å². The summed E-state index contributed by atoms with van der Waals surface area (Å²) in [5.41, 5.74) is 4.30. The molecule has 0 fully saturated rings. The fraction of sp³-hybridized carbons (Fsp3) is 0.414. The number of carbonyl (C=O) groups excluding carboxylic acids is 2. The molecule has 0 unspecified atom stereocenters. The van der Waals surface area contributed by atoms with Crippen LogP contribution in [0.25, 0.3) is 10.4 Å². The quantitative estimate of drug-likeness (QED) is 0.273. The topological polar surface area (TPSA) is 117 Å². The van der Waals surface area contributed by atoms with Gasteiger partial charge in [0.1, 0.15) is 10.6 Å². The van der Waals surface area contributed by atoms with Crippen molar-refractivity contribution in [2.75, 3.05) is 11.9 Å². The molecule has 0 radical (unpaired) electrons. The Morgan fingerprint density at radius 1 is 1.00 bits per heavy atom. The Bertz CT molecular complexity index is 1420. The summed E-state index contributed by atoms with van der Waals surface area (Å²) >= 11 is 3.14. The average molecular weight is 568 g/mol. The molecule has 1 aliphatic carbocycles. The number of anilines is 1. The molecule has 2 amide bonds. The summed E-state index contributed by atoms with van der Waals surface area (Å²) in [6, 6.07) is 6.48. The first-order valence-electron chi connectivity index (χ1n) is 13.2. The van der Waals surface area contributed by atoms with Gasteiger partial charge in [0, 0.05) is 27.7 Å². The third-order valence-corrected chi connectivity index (χ3v) is 9.39. The van der Waals surface area contributed by atoms with Gasteiger partial charge in [0.2, 0.25) is 0 Å². The third-order valence-electron chi connectivity index (χ3n) is 6.86. The maximum Gasteiger partial charge on any atom is 0.341 e. The van der Waals surface area contributed by atoms with Gasteiger partial charge in [0.25, 0.3) is 0 Å². The molecule has 0 saturated carbocycles. The molecule has 3 heterocycles. The molecule has 0 atom stereocenters. The first kappa shape index (κ1) is 27.4. The SMILES string of the molecule is CC(C)(C)OC(=O)c1c(NC(=O)NCc2c(-c3ccc(C(=O)O)cc3)sc3c2CCNC3)sc2c1CCCC2. The molecule has 1 aliphatic heterocycles. The van der Waals surface area contributed by atoms with Crippen molar-refractivity contribution in [2.24, 2.45) is 0 Å². The van der Waals surface area contributed by atoms with Crippen molar-refractivity contribution in [3.05, 3.63) is 61.8 Å². The zero-order chi connectivity index (χ0) is 27.7. The minimum absolute atomic E-state index is 0.236. The zero-order valence-corrected chi connectivity index (χ0v) is 24.0. The number of nitrogens with one attached hydrogen (secondary N) is 3. The monoisotopic (exact) mass is 567 g/mol. The number of carbonyl (C=O) groups is 3. The number of fused-ring (bicyclic) bond motifs is 2. The molecule has 1 aromatic carbocycles. The van der Waals surface area contributed by atoms with Crippen LogP contribution in [0.4, 0.5) is 9.80 Å². The lowest BCUT2D eigenvalue weighted by molar-refractivity contribution is 0.00696. The van der Waals surface area contributed by atoms with E-state index < -0.39 is 17.5 Å². The normalized spacial score (nSPS) is 14.7. The molecule has 3 aromatic rings. The van der Waals surface area contributed by atoms with E-state index in [0.717, 1.165) is 71.6 Å². The van der Waals surface area contributed by atoms with E-state index in [9.17, 15) is 19.5 Å². The number of hydrogen-bond acceptors (Lipinski definition) is 7. The predicted molar refractivity (Wildman–Crippen MR) is 154 cm³/mol. The highest BCUT2D eigenvalue weighted by atomic mass is 32.1. The lowest BCUT2D eigenvalue weighted by atomic mass is 9.95. The Morgan fingerprint density at radius 2 is 1.74 bits per heavy atom. The zero-order valence-electron chi connectivity index (χ0n) is 22.4. The van der Waals surface area contributed by atoms with Crippen molar-refractivity contribution in [1.29, 1.82) is 0 Å². The van der Waals surface area contributed by atoms with Gasteiger partial charge >= 0.3 is 18.0 Å². The molecule has 0 saturated heterocycles. The lowest BCUT2D eigenvalue weighted by Gasteiger charge is -2.21. The number of rotatable bonds is 6. The molecule has 10 heteroatoms. The smallest absolute Gasteiger partial charge is 0.341 e. The Morgan fingerprint density at radius 3 is 2.46 bits per heavy atom. The Labute approximate surface area is 235 Å². The van der Waals surface area contributed by atoms with Crippen molar-refractivity contribution in [3.8, 4) is 10.4 Å². The number of amides is 2. The minimum atomic E-state index is -0.962. The van der Waals surface area contributed by atoms with E-state index in [1.807, 2.05) is 32.9 Å². The molecule has 5 rings (SSSR count). The second-order valence-corrected chi connectivity index (χ2v) is 13.1. The number of carboxylic acid groups (broad SMARTS) is 1. The molecule has 0 bridgehead atoms. The van der Waals surface area contributed by atoms with Crippen LogP contribution in [0.2, 0.25) is 0 Å². The third kappa shape index (κ3) is 6.03. The summed E-state index contributed by atoms with van der Waals surface area (Å²) in [6.45, 7) is 7.47. The summed E-state index contributed by atoms with van der Waals surface area (Å²) in [7, 11) is 0. The number of ether oxygens (including phenoxy) is 1. The van der Waals surface area contributed by atoms with Crippen LogP contribution >= 0.6 is 22.7 Å². The highest BCUT2D eigenvalue weighted by Crippen LogP contribution is 2.40.